The number of rotatable bonds is 8. The molecule has 30 heavy (non-hydrogen) atoms. The molecular formula is C22H36IN5O2. The highest BCUT2D eigenvalue weighted by molar-refractivity contribution is 14.0. The molecular weight excluding hydrogens is 493 g/mol. The molecule has 7 nitrogen and oxygen atoms in total. The quantitative estimate of drug-likeness (QED) is 0.274. The smallest absolute Gasteiger partial charge is 0.221 e. The maximum absolute atomic E-state index is 12.1. The highest BCUT2D eigenvalue weighted by atomic mass is 127. The molecule has 0 spiro atoms. The minimum atomic E-state index is 0. The molecule has 8 heteroatoms. The minimum Gasteiger partial charge on any atom is -0.379 e. The van der Waals surface area contributed by atoms with Crippen molar-refractivity contribution in [1.29, 1.82) is 0 Å². The number of halogens is 1. The predicted octanol–water partition coefficient (Wildman–Crippen LogP) is 2.25. The van der Waals surface area contributed by atoms with Crippen LogP contribution >= 0.6 is 24.0 Å². The van der Waals surface area contributed by atoms with Crippen LogP contribution in [0, 0.1) is 0 Å². The molecule has 168 valence electrons. The maximum atomic E-state index is 12.1. The number of aliphatic imine (C=N–C) groups is 1. The van der Waals surface area contributed by atoms with E-state index in [0.29, 0.717) is 25.6 Å². The summed E-state index contributed by atoms with van der Waals surface area (Å²) in [6.07, 6.45) is 5.16. The Morgan fingerprint density at radius 1 is 1.13 bits per heavy atom. The van der Waals surface area contributed by atoms with Crippen LogP contribution in [-0.2, 0) is 22.6 Å². The van der Waals surface area contributed by atoms with Gasteiger partial charge in [0.1, 0.15) is 0 Å². The van der Waals surface area contributed by atoms with E-state index in [1.54, 1.807) is 7.05 Å². The molecule has 1 aromatic carbocycles. The molecule has 2 aliphatic rings. The molecule has 0 bridgehead atoms. The average Bonchev–Trinajstić information content (AvgIpc) is 3.25. The van der Waals surface area contributed by atoms with E-state index in [2.05, 4.69) is 50.1 Å². The van der Waals surface area contributed by atoms with Gasteiger partial charge in [-0.1, -0.05) is 37.1 Å². The summed E-state index contributed by atoms with van der Waals surface area (Å²) in [5.41, 5.74) is 2.59. The number of hydrogen-bond donors (Lipinski definition) is 3. The summed E-state index contributed by atoms with van der Waals surface area (Å²) in [5.74, 6) is 0.843. The third-order valence-electron chi connectivity index (χ3n) is 5.65. The first-order chi connectivity index (χ1) is 14.2. The molecule has 1 aliphatic heterocycles. The van der Waals surface area contributed by atoms with E-state index in [4.69, 9.17) is 4.74 Å². The number of guanidine groups is 1. The van der Waals surface area contributed by atoms with Crippen LogP contribution in [0.5, 0.6) is 0 Å². The summed E-state index contributed by atoms with van der Waals surface area (Å²) in [6, 6.07) is 8.89. The predicted molar refractivity (Wildman–Crippen MR) is 131 cm³/mol. The van der Waals surface area contributed by atoms with Crippen LogP contribution in [0.2, 0.25) is 0 Å². The Bertz CT molecular complexity index is 673. The molecule has 0 atom stereocenters. The number of morpholine rings is 1. The Kier molecular flexibility index (Phi) is 11.5. The van der Waals surface area contributed by atoms with Crippen molar-refractivity contribution in [2.75, 3.05) is 39.9 Å². The van der Waals surface area contributed by atoms with Crippen LogP contribution in [-0.4, -0.2) is 62.7 Å². The summed E-state index contributed by atoms with van der Waals surface area (Å²) in [6.45, 7) is 5.80. The Balaban J connectivity index is 0.00000320. The first kappa shape index (κ1) is 24.9. The lowest BCUT2D eigenvalue weighted by Crippen LogP contribution is -2.40. The van der Waals surface area contributed by atoms with Crippen molar-refractivity contribution in [3.63, 3.8) is 0 Å². The lowest BCUT2D eigenvalue weighted by molar-refractivity contribution is -0.121. The highest BCUT2D eigenvalue weighted by Gasteiger charge is 2.17. The lowest BCUT2D eigenvalue weighted by Gasteiger charge is -2.27. The van der Waals surface area contributed by atoms with Gasteiger partial charge in [0.15, 0.2) is 5.96 Å². The van der Waals surface area contributed by atoms with E-state index >= 15 is 0 Å². The van der Waals surface area contributed by atoms with E-state index in [9.17, 15) is 4.79 Å². The summed E-state index contributed by atoms with van der Waals surface area (Å²) in [5, 5.41) is 9.74. The van der Waals surface area contributed by atoms with Gasteiger partial charge in [0.2, 0.25) is 5.91 Å². The Morgan fingerprint density at radius 3 is 2.53 bits per heavy atom. The molecule has 0 unspecified atom stereocenters. The van der Waals surface area contributed by atoms with E-state index in [1.807, 2.05) is 0 Å². The van der Waals surface area contributed by atoms with Crippen molar-refractivity contribution < 1.29 is 9.53 Å². The zero-order chi connectivity index (χ0) is 20.3. The van der Waals surface area contributed by atoms with Gasteiger partial charge in [0.05, 0.1) is 13.2 Å². The maximum Gasteiger partial charge on any atom is 0.221 e. The summed E-state index contributed by atoms with van der Waals surface area (Å²) in [7, 11) is 1.76. The first-order valence-electron chi connectivity index (χ1n) is 10.9. The SMILES string of the molecule is CN=C(NCCC(=O)NC1CCCC1)NCc1ccccc1CN1CCOCC1.I. The second-order valence-corrected chi connectivity index (χ2v) is 7.81. The molecule has 3 rings (SSSR count). The van der Waals surface area contributed by atoms with Gasteiger partial charge in [-0.2, -0.15) is 0 Å². The topological polar surface area (TPSA) is 78.0 Å². The van der Waals surface area contributed by atoms with Crippen LogP contribution < -0.4 is 16.0 Å². The van der Waals surface area contributed by atoms with Crippen LogP contribution in [0.15, 0.2) is 29.3 Å². The fourth-order valence-corrected chi connectivity index (χ4v) is 3.95. The largest absolute Gasteiger partial charge is 0.379 e. The van der Waals surface area contributed by atoms with Crippen molar-refractivity contribution in [2.45, 2.75) is 51.2 Å². The second kappa shape index (κ2) is 13.8. The summed E-state index contributed by atoms with van der Waals surface area (Å²) >= 11 is 0. The summed E-state index contributed by atoms with van der Waals surface area (Å²) < 4.78 is 5.45. The van der Waals surface area contributed by atoms with Gasteiger partial charge >= 0.3 is 0 Å². The molecule has 0 radical (unpaired) electrons. The molecule has 0 aromatic heterocycles. The van der Waals surface area contributed by atoms with E-state index in [1.165, 1.54) is 24.0 Å². The fourth-order valence-electron chi connectivity index (χ4n) is 3.95. The van der Waals surface area contributed by atoms with Crippen LogP contribution in [0.1, 0.15) is 43.2 Å². The molecule has 1 aliphatic carbocycles. The molecule has 1 saturated heterocycles. The third-order valence-corrected chi connectivity index (χ3v) is 5.65. The van der Waals surface area contributed by atoms with Crippen molar-refractivity contribution in [3.05, 3.63) is 35.4 Å². The number of nitrogens with one attached hydrogen (secondary N) is 3. The zero-order valence-corrected chi connectivity index (χ0v) is 20.3. The number of carbonyl (C=O) groups excluding carboxylic acids is 1. The van der Waals surface area contributed by atoms with Crippen LogP contribution in [0.4, 0.5) is 0 Å². The number of benzene rings is 1. The number of carbonyl (C=O) groups is 1. The Hall–Kier alpha value is -1.39. The fraction of sp³-hybridized carbons (Fsp3) is 0.636. The number of amides is 1. The normalized spacial score (nSPS) is 18.0. The average molecular weight is 529 g/mol. The van der Waals surface area contributed by atoms with Crippen molar-refractivity contribution >= 4 is 35.8 Å². The molecule has 1 heterocycles. The number of nitrogens with zero attached hydrogens (tertiary/aromatic N) is 2. The van der Waals surface area contributed by atoms with Gasteiger partial charge in [-0.05, 0) is 24.0 Å². The van der Waals surface area contributed by atoms with Gasteiger partial charge in [-0.15, -0.1) is 24.0 Å². The lowest BCUT2D eigenvalue weighted by atomic mass is 10.1. The van der Waals surface area contributed by atoms with Crippen molar-refractivity contribution in [3.8, 4) is 0 Å². The molecule has 1 saturated carbocycles. The number of hydrogen-bond acceptors (Lipinski definition) is 4. The molecule has 2 fully saturated rings. The van der Waals surface area contributed by atoms with E-state index in [0.717, 1.165) is 51.6 Å². The van der Waals surface area contributed by atoms with Gasteiger partial charge in [-0.25, -0.2) is 0 Å². The monoisotopic (exact) mass is 529 g/mol. The van der Waals surface area contributed by atoms with E-state index < -0.39 is 0 Å². The third kappa shape index (κ3) is 8.39. The van der Waals surface area contributed by atoms with Crippen LogP contribution in [0.3, 0.4) is 0 Å². The zero-order valence-electron chi connectivity index (χ0n) is 18.0. The molecule has 1 amide bonds. The standard InChI is InChI=1S/C22H35N5O2.HI/c1-23-22(24-11-10-21(28)26-20-8-4-5-9-20)25-16-18-6-2-3-7-19(18)17-27-12-14-29-15-13-27;/h2-3,6-7,20H,4-5,8-17H2,1H3,(H,26,28)(H2,23,24,25);1H. The van der Waals surface area contributed by atoms with Gasteiger partial charge in [-0.3, -0.25) is 14.7 Å². The van der Waals surface area contributed by atoms with Crippen molar-refractivity contribution in [2.24, 2.45) is 4.99 Å². The summed E-state index contributed by atoms with van der Waals surface area (Å²) in [4.78, 5) is 18.8. The second-order valence-electron chi connectivity index (χ2n) is 7.81. The Labute approximate surface area is 197 Å². The molecule has 3 N–H and O–H groups in total. The highest BCUT2D eigenvalue weighted by Crippen LogP contribution is 2.17. The Morgan fingerprint density at radius 2 is 1.83 bits per heavy atom. The first-order valence-corrected chi connectivity index (χ1v) is 10.9. The van der Waals surface area contributed by atoms with Gasteiger partial charge in [0, 0.05) is 52.2 Å². The van der Waals surface area contributed by atoms with Crippen molar-refractivity contribution in [1.82, 2.24) is 20.9 Å². The number of ether oxygens (including phenoxy) is 1. The van der Waals surface area contributed by atoms with Gasteiger partial charge < -0.3 is 20.7 Å². The minimum absolute atomic E-state index is 0. The van der Waals surface area contributed by atoms with Gasteiger partial charge in [0.25, 0.3) is 0 Å². The van der Waals surface area contributed by atoms with Crippen LogP contribution in [0.25, 0.3) is 0 Å². The van der Waals surface area contributed by atoms with E-state index in [-0.39, 0.29) is 29.9 Å². The molecule has 1 aromatic rings.